The summed E-state index contributed by atoms with van der Waals surface area (Å²) in [4.78, 5) is 88.4. The molecule has 0 saturated heterocycles. The van der Waals surface area contributed by atoms with Crippen LogP contribution in [0.2, 0.25) is 36.1 Å². The van der Waals surface area contributed by atoms with Gasteiger partial charge in [0, 0.05) is 16.7 Å². The van der Waals surface area contributed by atoms with Gasteiger partial charge in [0.25, 0.3) is 5.91 Å². The number of hydrogen-bond donors (Lipinski definition) is 5. The summed E-state index contributed by atoms with van der Waals surface area (Å²) >= 11 is 40.2. The number of ether oxygens (including phenoxy) is 3. The van der Waals surface area contributed by atoms with Gasteiger partial charge >= 0.3 is 25.6 Å². The van der Waals surface area contributed by atoms with Gasteiger partial charge in [-0.05, 0) is 60.9 Å². The van der Waals surface area contributed by atoms with Crippen LogP contribution in [0.3, 0.4) is 0 Å². The molecular formula is C52H48BCl7F4N13O12. The van der Waals surface area contributed by atoms with E-state index in [1.165, 1.54) is 88.1 Å². The Bertz CT molecular complexity index is 3610. The summed E-state index contributed by atoms with van der Waals surface area (Å²) in [7, 11) is 4.01. The Morgan fingerprint density at radius 2 is 0.854 bits per heavy atom. The van der Waals surface area contributed by atoms with E-state index in [0.717, 1.165) is 6.42 Å². The van der Waals surface area contributed by atoms with Crippen LogP contribution in [0.15, 0.2) is 102 Å². The number of carbonyl (C=O) groups is 4. The Kier molecular flexibility index (Phi) is 34.8. The Hall–Kier alpha value is -8.43. The predicted molar refractivity (Wildman–Crippen MR) is 326 cm³/mol. The van der Waals surface area contributed by atoms with Crippen molar-refractivity contribution in [2.45, 2.75) is 20.3 Å². The molecule has 25 nitrogen and oxygen atoms in total. The van der Waals surface area contributed by atoms with Crippen molar-refractivity contribution in [2.75, 3.05) is 39.4 Å². The highest BCUT2D eigenvalue weighted by Gasteiger charge is 2.23. The minimum absolute atomic E-state index is 0. The number of methoxy groups -OCH3 is 3. The number of carbonyl (C=O) groups excluding carboxylic acids is 4. The molecule has 4 aromatic heterocycles. The number of halogens is 11. The number of nitrogens with two attached hydrogens (primary N) is 3. The monoisotopic (exact) mass is 1380 g/mol. The second-order valence-corrected chi connectivity index (χ2v) is 18.7. The number of aromatic nitrogens is 8. The van der Waals surface area contributed by atoms with Crippen LogP contribution in [-0.4, -0.2) is 110 Å². The molecule has 4 heterocycles. The quantitative estimate of drug-likeness (QED) is 0.0136. The summed E-state index contributed by atoms with van der Waals surface area (Å²) in [5, 5.41) is 9.44. The molecule has 0 spiro atoms. The molecule has 89 heavy (non-hydrogen) atoms. The molecule has 0 atom stereocenters. The van der Waals surface area contributed by atoms with Gasteiger partial charge in [-0.1, -0.05) is 144 Å². The maximum Gasteiger partial charge on any atom is 0.569 e. The molecule has 0 bridgehead atoms. The highest BCUT2D eigenvalue weighted by atomic mass is 35.5. The molecule has 8 rings (SSSR count). The van der Waals surface area contributed by atoms with E-state index in [2.05, 4.69) is 82.8 Å². The molecule has 0 unspecified atom stereocenters. The van der Waals surface area contributed by atoms with E-state index in [4.69, 9.17) is 103 Å². The van der Waals surface area contributed by atoms with Crippen molar-refractivity contribution in [3.05, 3.63) is 184 Å². The van der Waals surface area contributed by atoms with Gasteiger partial charge in [-0.2, -0.15) is 0 Å². The van der Waals surface area contributed by atoms with Crippen molar-refractivity contribution in [3.63, 3.8) is 0 Å². The van der Waals surface area contributed by atoms with Crippen molar-refractivity contribution in [1.29, 1.82) is 0 Å². The summed E-state index contributed by atoms with van der Waals surface area (Å²) in [6.07, 6.45) is 0.895. The van der Waals surface area contributed by atoms with E-state index in [1.54, 1.807) is 30.3 Å². The van der Waals surface area contributed by atoms with Gasteiger partial charge in [-0.15, -0.1) is 4.91 Å². The van der Waals surface area contributed by atoms with E-state index in [0.29, 0.717) is 20.2 Å². The van der Waals surface area contributed by atoms with Gasteiger partial charge in [0.05, 0.1) is 21.3 Å². The van der Waals surface area contributed by atoms with Gasteiger partial charge in [-0.25, -0.2) is 71.8 Å². The van der Waals surface area contributed by atoms with Gasteiger partial charge in [0.1, 0.15) is 46.9 Å². The number of para-hydroxylation sites is 1. The Balaban J connectivity index is 0.000000544. The predicted octanol–water partition coefficient (Wildman–Crippen LogP) is 11.3. The fourth-order valence-electron chi connectivity index (χ4n) is 5.90. The minimum atomic E-state index is -0.852. The lowest BCUT2D eigenvalue weighted by Gasteiger charge is -2.08. The number of nitrogens with zero attached hydrogens (tertiary/aromatic N) is 9. The molecule has 0 saturated carbocycles. The minimum Gasteiger partial charge on any atom is -0.535 e. The van der Waals surface area contributed by atoms with E-state index in [1.807, 2.05) is 0 Å². The van der Waals surface area contributed by atoms with Crippen LogP contribution in [-0.2, 0) is 19.0 Å². The third-order valence-corrected chi connectivity index (χ3v) is 11.9. The zero-order valence-corrected chi connectivity index (χ0v) is 51.7. The molecule has 473 valence electrons. The highest BCUT2D eigenvalue weighted by molar-refractivity contribution is 6.40. The maximum absolute atomic E-state index is 13.7. The van der Waals surface area contributed by atoms with Crippen LogP contribution in [0.4, 0.5) is 29.2 Å². The first-order chi connectivity index (χ1) is 41.3. The lowest BCUT2D eigenvalue weighted by atomic mass is 10.1. The maximum atomic E-state index is 13.7. The summed E-state index contributed by atoms with van der Waals surface area (Å²) in [5.41, 5.74) is 15.8. The largest absolute Gasteiger partial charge is 0.569 e. The normalized spacial score (nSPS) is 9.78. The van der Waals surface area contributed by atoms with Crippen LogP contribution >= 0.6 is 81.2 Å². The number of esters is 3. The van der Waals surface area contributed by atoms with E-state index in [9.17, 15) is 41.6 Å². The fourth-order valence-corrected chi connectivity index (χ4v) is 7.27. The first kappa shape index (κ1) is 78.6. The van der Waals surface area contributed by atoms with Gasteiger partial charge < -0.3 is 57.6 Å². The fraction of sp³-hybridized carbons (Fsp3) is 0.154. The summed E-state index contributed by atoms with van der Waals surface area (Å²) in [5.74, 6) is -4.80. The molecule has 37 heteroatoms. The van der Waals surface area contributed by atoms with Crippen molar-refractivity contribution in [1.82, 2.24) is 46.0 Å². The van der Waals surface area contributed by atoms with Crippen LogP contribution in [0, 0.1) is 34.1 Å². The lowest BCUT2D eigenvalue weighted by Crippen LogP contribution is -2.15. The number of hydrogen-bond acceptors (Lipinski definition) is 23. The molecule has 12 N–H and O–H groups in total. The Morgan fingerprint density at radius 1 is 0.517 bits per heavy atom. The third-order valence-electron chi connectivity index (χ3n) is 9.96. The first-order valence-electron chi connectivity index (χ1n) is 23.7. The molecule has 0 aliphatic carbocycles. The zero-order valence-electron chi connectivity index (χ0n) is 46.5. The van der Waals surface area contributed by atoms with Crippen LogP contribution in [0.1, 0.15) is 62.2 Å². The molecule has 1 radical (unpaired) electrons. The van der Waals surface area contributed by atoms with Gasteiger partial charge in [-0.3, -0.25) is 4.79 Å². The molecule has 8 aromatic rings. The molecule has 1 amide bonds. The van der Waals surface area contributed by atoms with E-state index >= 15 is 0 Å². The molecule has 0 fully saturated rings. The second kappa shape index (κ2) is 39.5. The number of amides is 1. The van der Waals surface area contributed by atoms with Crippen molar-refractivity contribution in [3.8, 4) is 39.5 Å². The van der Waals surface area contributed by atoms with Crippen LogP contribution < -0.4 is 28.0 Å². The number of anilines is 2. The summed E-state index contributed by atoms with van der Waals surface area (Å²) in [6.45, 7) is 4.57. The number of benzene rings is 4. The van der Waals surface area contributed by atoms with Crippen LogP contribution in [0.25, 0.3) is 33.8 Å². The van der Waals surface area contributed by atoms with Gasteiger partial charge in [0.2, 0.25) is 0 Å². The average Bonchev–Trinajstić information content (AvgIpc) is 1.20. The van der Waals surface area contributed by atoms with Crippen molar-refractivity contribution >= 4 is 124 Å². The first-order valence-corrected chi connectivity index (χ1v) is 26.3. The molecule has 0 aliphatic rings. The Labute approximate surface area is 538 Å². The van der Waals surface area contributed by atoms with Crippen LogP contribution in [0.5, 0.6) is 5.75 Å². The summed E-state index contributed by atoms with van der Waals surface area (Å²) < 4.78 is 71.2. The number of rotatable bonds is 13. The van der Waals surface area contributed by atoms with E-state index in [-0.39, 0.29) is 122 Å². The Morgan fingerprint density at radius 3 is 1.24 bits per heavy atom. The highest BCUT2D eigenvalue weighted by Crippen LogP contribution is 2.32. The molecular weight excluding hydrogens is 1330 g/mol. The van der Waals surface area contributed by atoms with Crippen molar-refractivity contribution in [2.24, 2.45) is 17.0 Å². The average molecular weight is 1380 g/mol. The topological polar surface area (TPSA) is 412 Å². The molecule has 4 aromatic carbocycles. The molecule has 0 aliphatic heterocycles. The smallest absolute Gasteiger partial charge is 0.535 e. The SMILES string of the molecule is CC(C)CCON=O.COC(=O)c1nc(Cl)c(-c2ccccc2F)nc1Cl.COC(=O)c1nc(Cl)c(-c2ccccc2F)nc1N.COC(=O)c1nc(Cl)c(Cl)nc1N.N.NC(=O)c1nc(Cl)c(-c2ccccc2F)nc1Cl.O.O[B]Oc1ccccc1F. The number of primary amides is 1. The standard InChI is InChI=1S/C12H7Cl2FN2O2.C12H9ClFN3O2.C11H6Cl2FN3O.C6H5BFO2.C6H5Cl2N3O2.C5H11NO2.H3N.H2O/c1-19-12(18)9-11(14)16-8(10(13)17-9)6-4-2-3-5-7(6)15;1-19-12(18)9-11(15)17-8(10(13)16-9)6-4-2-3-5-7(6)14;12-9-7(5-3-1-2-4-6(5)14)16-10(13)8(17-9)11(15)18;8-5-3-1-2-4-6(5)10-7-9;1-13-6(12)2-5(9)11-4(8)3(7)10-2;1-5(2)3-4-8-6-7;;/h2-5H,1H3;2-5H,1H3,(H2,15,17);1-4H,(H2,15,18);1-4,9H;1H3,(H2,9,11);5H,3-4H2,1-2H3;1H3;1H2. The lowest BCUT2D eigenvalue weighted by molar-refractivity contribution is 0.0585. The second-order valence-electron chi connectivity index (χ2n) is 16.2. The van der Waals surface area contributed by atoms with Gasteiger partial charge in [0.15, 0.2) is 81.6 Å². The zero-order chi connectivity index (χ0) is 65.1. The third kappa shape index (κ3) is 23.9. The number of nitrogen functional groups attached to an aromatic ring is 2. The van der Waals surface area contributed by atoms with Crippen molar-refractivity contribution < 1.29 is 70.9 Å². The van der Waals surface area contributed by atoms with E-state index < -0.39 is 47.1 Å². The summed E-state index contributed by atoms with van der Waals surface area (Å²) in [6, 6.07) is 23.5.